The third-order valence-corrected chi connectivity index (χ3v) is 7.87. The number of nitrogens with zero attached hydrogens (tertiary/aromatic N) is 4. The Labute approximate surface area is 222 Å². The summed E-state index contributed by atoms with van der Waals surface area (Å²) in [5.74, 6) is -1.68. The van der Waals surface area contributed by atoms with Crippen molar-refractivity contribution in [1.82, 2.24) is 19.5 Å². The summed E-state index contributed by atoms with van der Waals surface area (Å²) in [5.41, 5.74) is 4.20. The fraction of sp³-hybridized carbons (Fsp3) is 0.519. The monoisotopic (exact) mass is 547 g/mol. The molecule has 1 aliphatic carbocycles. The zero-order valence-electron chi connectivity index (χ0n) is 21.4. The van der Waals surface area contributed by atoms with E-state index in [9.17, 15) is 4.39 Å². The highest BCUT2D eigenvalue weighted by molar-refractivity contribution is 5.74. The highest BCUT2D eigenvalue weighted by Crippen LogP contribution is 2.55. The van der Waals surface area contributed by atoms with E-state index >= 15 is 13.2 Å². The van der Waals surface area contributed by atoms with E-state index in [1.807, 2.05) is 0 Å². The number of nitrogens with two attached hydrogens (primary N) is 1. The average molecular weight is 548 g/mol. The fourth-order valence-corrected chi connectivity index (χ4v) is 6.07. The molecule has 12 heteroatoms. The molecule has 3 aromatic rings. The molecule has 6 rings (SSSR count). The van der Waals surface area contributed by atoms with Crippen molar-refractivity contribution in [2.45, 2.75) is 81.6 Å². The molecule has 0 bridgehead atoms. The van der Waals surface area contributed by atoms with Crippen molar-refractivity contribution in [2.75, 3.05) is 0 Å². The molecule has 1 aromatic carbocycles. The van der Waals surface area contributed by atoms with Gasteiger partial charge in [0.15, 0.2) is 11.4 Å². The van der Waals surface area contributed by atoms with Gasteiger partial charge in [-0.25, -0.2) is 19.3 Å². The van der Waals surface area contributed by atoms with E-state index in [2.05, 4.69) is 15.0 Å². The summed E-state index contributed by atoms with van der Waals surface area (Å²) in [6.07, 6.45) is -0.0375. The number of hydrogen-bond acceptors (Lipinski definition) is 7. The maximum absolute atomic E-state index is 15.2. The Morgan fingerprint density at radius 1 is 1.08 bits per heavy atom. The average Bonchev–Trinajstić information content (AvgIpc) is 3.66. The minimum absolute atomic E-state index is 0.0726. The van der Waals surface area contributed by atoms with Gasteiger partial charge in [0.1, 0.15) is 36.0 Å². The lowest BCUT2D eigenvalue weighted by Crippen LogP contribution is -2.56. The third-order valence-electron chi connectivity index (χ3n) is 7.87. The molecule has 5 atom stereocenters. The fourth-order valence-electron chi connectivity index (χ4n) is 6.07. The Balaban J connectivity index is 1.46. The molecule has 0 amide bonds. The van der Waals surface area contributed by atoms with Crippen LogP contribution in [0.25, 0.3) is 17.2 Å². The Hall–Kier alpha value is -2.93. The predicted octanol–water partition coefficient (Wildman–Crippen LogP) is 5.00. The van der Waals surface area contributed by atoms with E-state index < -0.39 is 47.9 Å². The van der Waals surface area contributed by atoms with Gasteiger partial charge in [0.05, 0.1) is 18.1 Å². The van der Waals surface area contributed by atoms with Crippen LogP contribution in [-0.4, -0.2) is 49.8 Å². The number of ether oxygens (including phenoxy) is 3. The maximum atomic E-state index is 15.2. The molecular formula is C27H29F4N5O3. The number of benzene rings is 1. The van der Waals surface area contributed by atoms with Gasteiger partial charge in [-0.1, -0.05) is 43.2 Å². The molecule has 39 heavy (non-hydrogen) atoms. The summed E-state index contributed by atoms with van der Waals surface area (Å²) in [7, 11) is 0. The molecule has 1 saturated carbocycles. The molecule has 4 heterocycles. The van der Waals surface area contributed by atoms with E-state index in [4.69, 9.17) is 19.9 Å². The Bertz CT molecular complexity index is 1400. The predicted molar refractivity (Wildman–Crippen MR) is 132 cm³/mol. The second-order valence-electron chi connectivity index (χ2n) is 10.8. The Kier molecular flexibility index (Phi) is 6.29. The molecular weight excluding hydrogens is 518 g/mol. The zero-order valence-corrected chi connectivity index (χ0v) is 21.4. The van der Waals surface area contributed by atoms with Gasteiger partial charge in [-0.05, 0) is 38.7 Å². The molecule has 2 saturated heterocycles. The van der Waals surface area contributed by atoms with Crippen LogP contribution in [0.15, 0.2) is 43.0 Å². The summed E-state index contributed by atoms with van der Waals surface area (Å²) in [4.78, 5) is 12.8. The summed E-state index contributed by atoms with van der Waals surface area (Å²) in [6.45, 7) is 3.08. The van der Waals surface area contributed by atoms with Gasteiger partial charge in [-0.3, -0.25) is 4.57 Å². The molecule has 2 aromatic heterocycles. The lowest BCUT2D eigenvalue weighted by Gasteiger charge is -2.37. The van der Waals surface area contributed by atoms with Crippen LogP contribution in [0, 0.1) is 11.7 Å². The first-order chi connectivity index (χ1) is 18.5. The van der Waals surface area contributed by atoms with Crippen LogP contribution >= 0.6 is 0 Å². The van der Waals surface area contributed by atoms with Crippen LogP contribution < -0.4 is 5.73 Å². The SMILES string of the molecule is CC1(C)O[C@H]2[C@@H](O1)[C@@](n1cnc3c(C(N)C4CCCC4)ncnc31)(C(F)(F)F)O[C@@H]2C=Cc1ccccc1F. The van der Waals surface area contributed by atoms with Gasteiger partial charge in [-0.15, -0.1) is 0 Å². The van der Waals surface area contributed by atoms with Crippen LogP contribution in [0.5, 0.6) is 0 Å². The number of halogens is 4. The number of fused-ring (bicyclic) bond motifs is 2. The van der Waals surface area contributed by atoms with Gasteiger partial charge in [0.2, 0.25) is 0 Å². The maximum Gasteiger partial charge on any atom is 0.440 e. The van der Waals surface area contributed by atoms with Gasteiger partial charge >= 0.3 is 6.18 Å². The van der Waals surface area contributed by atoms with E-state index in [0.29, 0.717) is 5.69 Å². The number of alkyl halides is 3. The number of rotatable bonds is 5. The lowest BCUT2D eigenvalue weighted by atomic mass is 9.95. The molecule has 3 fully saturated rings. The smallest absolute Gasteiger partial charge is 0.341 e. The van der Waals surface area contributed by atoms with Crippen LogP contribution in [0.4, 0.5) is 17.6 Å². The first-order valence-corrected chi connectivity index (χ1v) is 13.0. The molecule has 8 nitrogen and oxygen atoms in total. The first-order valence-electron chi connectivity index (χ1n) is 13.0. The van der Waals surface area contributed by atoms with E-state index in [-0.39, 0.29) is 22.6 Å². The van der Waals surface area contributed by atoms with Gasteiger partial charge in [0, 0.05) is 5.56 Å². The van der Waals surface area contributed by atoms with Crippen molar-refractivity contribution in [1.29, 1.82) is 0 Å². The second kappa shape index (κ2) is 9.33. The van der Waals surface area contributed by atoms with E-state index in [0.717, 1.165) is 36.6 Å². The molecule has 208 valence electrons. The van der Waals surface area contributed by atoms with Crippen molar-refractivity contribution < 1.29 is 31.8 Å². The van der Waals surface area contributed by atoms with E-state index in [1.165, 1.54) is 50.5 Å². The summed E-state index contributed by atoms with van der Waals surface area (Å²) in [6, 6.07) is 5.45. The standard InChI is InChI=1S/C27H29F4N5O3/c1-25(2)38-22-18(12-11-15-7-5-6-10-17(15)28)37-26(23(22)39-25,27(29,30)31)36-14-35-21-20(33-13-34-24(21)36)19(32)16-8-3-4-9-16/h5-7,10-14,16,18-19,22-23H,3-4,8-9,32H2,1-2H3/t18-,19?,22-,23-,26+/m1/s1. The minimum Gasteiger partial charge on any atom is -0.341 e. The first kappa shape index (κ1) is 26.3. The molecule has 3 aliphatic rings. The molecule has 1 unspecified atom stereocenters. The van der Waals surface area contributed by atoms with Gasteiger partial charge in [0.25, 0.3) is 5.72 Å². The quantitative estimate of drug-likeness (QED) is 0.449. The molecule has 2 aliphatic heterocycles. The number of aromatic nitrogens is 4. The summed E-state index contributed by atoms with van der Waals surface area (Å²) in [5, 5.41) is 0. The number of imidazole rings is 1. The van der Waals surface area contributed by atoms with Crippen LogP contribution in [0.1, 0.15) is 56.8 Å². The summed E-state index contributed by atoms with van der Waals surface area (Å²) >= 11 is 0. The van der Waals surface area contributed by atoms with Gasteiger partial charge in [-0.2, -0.15) is 13.2 Å². The van der Waals surface area contributed by atoms with Crippen molar-refractivity contribution in [2.24, 2.45) is 11.7 Å². The lowest BCUT2D eigenvalue weighted by molar-refractivity contribution is -0.342. The zero-order chi connectivity index (χ0) is 27.6. The Morgan fingerprint density at radius 3 is 2.54 bits per heavy atom. The van der Waals surface area contributed by atoms with Crippen molar-refractivity contribution >= 4 is 17.2 Å². The highest BCUT2D eigenvalue weighted by atomic mass is 19.4. The van der Waals surface area contributed by atoms with Crippen LogP contribution in [0.3, 0.4) is 0 Å². The summed E-state index contributed by atoms with van der Waals surface area (Å²) < 4.78 is 78.4. The van der Waals surface area contributed by atoms with Gasteiger partial charge < -0.3 is 19.9 Å². The highest BCUT2D eigenvalue weighted by Gasteiger charge is 2.75. The number of hydrogen-bond donors (Lipinski definition) is 1. The molecule has 0 spiro atoms. The van der Waals surface area contributed by atoms with Crippen molar-refractivity contribution in [3.8, 4) is 0 Å². The van der Waals surface area contributed by atoms with Crippen LogP contribution in [0.2, 0.25) is 0 Å². The molecule has 2 N–H and O–H groups in total. The Morgan fingerprint density at radius 2 is 1.82 bits per heavy atom. The largest absolute Gasteiger partial charge is 0.440 e. The van der Waals surface area contributed by atoms with E-state index in [1.54, 1.807) is 6.07 Å². The topological polar surface area (TPSA) is 97.3 Å². The molecule has 0 radical (unpaired) electrons. The normalized spacial score (nSPS) is 30.0. The van der Waals surface area contributed by atoms with Crippen molar-refractivity contribution in [3.05, 3.63) is 60.1 Å². The second-order valence-corrected chi connectivity index (χ2v) is 10.8. The van der Waals surface area contributed by atoms with Crippen molar-refractivity contribution in [3.63, 3.8) is 0 Å². The minimum atomic E-state index is -4.98. The van der Waals surface area contributed by atoms with Crippen LogP contribution in [-0.2, 0) is 19.9 Å². The third kappa shape index (κ3) is 4.24.